The van der Waals surface area contributed by atoms with E-state index in [9.17, 15) is 0 Å². The molecule has 68 valence electrons. The fourth-order valence-electron chi connectivity index (χ4n) is 1.17. The first kappa shape index (κ1) is 9.26. The molecule has 0 fully saturated rings. The van der Waals surface area contributed by atoms with Crippen LogP contribution in [0.5, 0.6) is 0 Å². The van der Waals surface area contributed by atoms with Crippen molar-refractivity contribution in [3.8, 4) is 0 Å². The molecule has 0 saturated carbocycles. The minimum atomic E-state index is 0.684. The maximum atomic E-state index is 5.31. The second-order valence-corrected chi connectivity index (χ2v) is 2.74. The number of aryl methyl sites for hydroxylation is 1. The average Bonchev–Trinajstić information content (AvgIpc) is 2.50. The third kappa shape index (κ3) is 2.34. The quantitative estimate of drug-likeness (QED) is 0.660. The molecule has 1 N–H and O–H groups in total. The van der Waals surface area contributed by atoms with E-state index in [1.54, 1.807) is 0 Å². The Morgan fingerprint density at radius 3 is 3.00 bits per heavy atom. The Kier molecular flexibility index (Phi) is 3.80. The van der Waals surface area contributed by atoms with Crippen LogP contribution in [0.4, 0.5) is 0 Å². The number of nitrogens with one attached hydrogen (secondary N) is 1. The summed E-state index contributed by atoms with van der Waals surface area (Å²) in [7, 11) is 0. The van der Waals surface area contributed by atoms with Crippen LogP contribution in [-0.2, 0) is 17.9 Å². The van der Waals surface area contributed by atoms with Gasteiger partial charge in [0.2, 0.25) is 0 Å². The normalized spacial score (nSPS) is 10.5. The fraction of sp³-hybridized carbons (Fsp3) is 0.667. The summed E-state index contributed by atoms with van der Waals surface area (Å²) in [5, 5.41) is 0. The minimum absolute atomic E-state index is 0.684. The first-order chi connectivity index (χ1) is 5.88. The van der Waals surface area contributed by atoms with E-state index in [2.05, 4.69) is 22.7 Å². The summed E-state index contributed by atoms with van der Waals surface area (Å²) in [6, 6.07) is 0. The van der Waals surface area contributed by atoms with E-state index in [-0.39, 0.29) is 0 Å². The highest BCUT2D eigenvalue weighted by Crippen LogP contribution is 1.91. The second kappa shape index (κ2) is 4.93. The summed E-state index contributed by atoms with van der Waals surface area (Å²) in [6.45, 7) is 6.69. The number of hydrogen-bond donors (Lipinski definition) is 1. The van der Waals surface area contributed by atoms with Gasteiger partial charge in [-0.3, -0.25) is 0 Å². The Labute approximate surface area is 73.4 Å². The van der Waals surface area contributed by atoms with Crippen molar-refractivity contribution >= 4 is 0 Å². The second-order valence-electron chi connectivity index (χ2n) is 2.74. The van der Waals surface area contributed by atoms with E-state index >= 15 is 0 Å². The van der Waals surface area contributed by atoms with Gasteiger partial charge in [0.25, 0.3) is 5.82 Å². The highest BCUT2D eigenvalue weighted by molar-refractivity contribution is 4.73. The van der Waals surface area contributed by atoms with E-state index in [4.69, 9.17) is 4.74 Å². The first-order valence-corrected chi connectivity index (χ1v) is 4.52. The SMILES string of the molecule is CCC[n+]1cc[nH]c1COCC. The van der Waals surface area contributed by atoms with Crippen LogP contribution in [0.2, 0.25) is 0 Å². The number of nitrogens with zero attached hydrogens (tertiary/aromatic N) is 1. The summed E-state index contributed by atoms with van der Waals surface area (Å²) in [6.07, 6.45) is 5.16. The molecule has 3 heteroatoms. The predicted molar refractivity (Wildman–Crippen MR) is 46.6 cm³/mol. The monoisotopic (exact) mass is 169 g/mol. The Balaban J connectivity index is 2.51. The highest BCUT2D eigenvalue weighted by Gasteiger charge is 2.07. The topological polar surface area (TPSA) is 28.9 Å². The van der Waals surface area contributed by atoms with Crippen molar-refractivity contribution in [3.05, 3.63) is 18.2 Å². The lowest BCUT2D eigenvalue weighted by Crippen LogP contribution is -2.36. The lowest BCUT2D eigenvalue weighted by molar-refractivity contribution is -0.704. The van der Waals surface area contributed by atoms with Crippen molar-refractivity contribution in [1.29, 1.82) is 0 Å². The maximum Gasteiger partial charge on any atom is 0.280 e. The molecule has 0 spiro atoms. The van der Waals surface area contributed by atoms with E-state index in [0.29, 0.717) is 6.61 Å². The van der Waals surface area contributed by atoms with Crippen molar-refractivity contribution < 1.29 is 9.30 Å². The van der Waals surface area contributed by atoms with Crippen LogP contribution in [-0.4, -0.2) is 11.6 Å². The van der Waals surface area contributed by atoms with Gasteiger partial charge in [-0.2, -0.15) is 0 Å². The van der Waals surface area contributed by atoms with Crippen LogP contribution in [0, 0.1) is 0 Å². The molecule has 0 saturated heterocycles. The summed E-state index contributed by atoms with van der Waals surface area (Å²) in [4.78, 5) is 3.16. The first-order valence-electron chi connectivity index (χ1n) is 4.52. The number of aromatic amines is 1. The summed E-state index contributed by atoms with van der Waals surface area (Å²) < 4.78 is 7.50. The summed E-state index contributed by atoms with van der Waals surface area (Å²) >= 11 is 0. The van der Waals surface area contributed by atoms with Gasteiger partial charge in [-0.05, 0) is 13.3 Å². The smallest absolute Gasteiger partial charge is 0.280 e. The van der Waals surface area contributed by atoms with Gasteiger partial charge in [0, 0.05) is 6.61 Å². The zero-order chi connectivity index (χ0) is 8.81. The molecular formula is C9H17N2O+. The van der Waals surface area contributed by atoms with Crippen LogP contribution in [0.3, 0.4) is 0 Å². The van der Waals surface area contributed by atoms with E-state index in [0.717, 1.165) is 25.4 Å². The standard InChI is InChI=1S/C9H16N2O/c1-3-6-11-7-5-10-9(11)8-12-4-2/h5,7H,3-4,6,8H2,1-2H3/p+1. The van der Waals surface area contributed by atoms with Gasteiger partial charge >= 0.3 is 0 Å². The van der Waals surface area contributed by atoms with Gasteiger partial charge in [0.15, 0.2) is 0 Å². The predicted octanol–water partition coefficient (Wildman–Crippen LogP) is 1.25. The van der Waals surface area contributed by atoms with E-state index in [1.807, 2.05) is 13.1 Å². The molecule has 0 radical (unpaired) electrons. The summed E-state index contributed by atoms with van der Waals surface area (Å²) in [5.74, 6) is 1.15. The van der Waals surface area contributed by atoms with Gasteiger partial charge < -0.3 is 4.74 Å². The third-order valence-electron chi connectivity index (χ3n) is 1.76. The zero-order valence-electron chi connectivity index (χ0n) is 7.84. The van der Waals surface area contributed by atoms with E-state index < -0.39 is 0 Å². The number of H-pyrrole nitrogens is 1. The van der Waals surface area contributed by atoms with Crippen molar-refractivity contribution in [2.75, 3.05) is 6.61 Å². The molecule has 0 aliphatic carbocycles. The Bertz CT molecular complexity index is 220. The van der Waals surface area contributed by atoms with Gasteiger partial charge in [0.05, 0.1) is 6.54 Å². The number of rotatable bonds is 5. The Hall–Kier alpha value is -0.830. The van der Waals surface area contributed by atoms with Gasteiger partial charge in [-0.15, -0.1) is 0 Å². The van der Waals surface area contributed by atoms with Crippen molar-refractivity contribution in [3.63, 3.8) is 0 Å². The molecule has 0 aliphatic heterocycles. The third-order valence-corrected chi connectivity index (χ3v) is 1.76. The Morgan fingerprint density at radius 1 is 1.50 bits per heavy atom. The molecule has 0 bridgehead atoms. The zero-order valence-corrected chi connectivity index (χ0v) is 7.84. The highest BCUT2D eigenvalue weighted by atomic mass is 16.5. The molecule has 0 amide bonds. The van der Waals surface area contributed by atoms with Crippen molar-refractivity contribution in [1.82, 2.24) is 4.98 Å². The molecule has 1 aromatic heterocycles. The molecule has 1 rings (SSSR count). The van der Waals surface area contributed by atoms with Crippen LogP contribution < -0.4 is 4.57 Å². The Morgan fingerprint density at radius 2 is 2.33 bits per heavy atom. The molecule has 1 heterocycles. The van der Waals surface area contributed by atoms with Crippen LogP contribution in [0.15, 0.2) is 12.4 Å². The number of imidazole rings is 1. The molecule has 0 unspecified atom stereocenters. The van der Waals surface area contributed by atoms with Crippen LogP contribution in [0.25, 0.3) is 0 Å². The van der Waals surface area contributed by atoms with Gasteiger partial charge in [-0.1, -0.05) is 6.92 Å². The maximum absolute atomic E-state index is 5.31. The number of ether oxygens (including phenoxy) is 1. The average molecular weight is 169 g/mol. The van der Waals surface area contributed by atoms with Crippen molar-refractivity contribution in [2.24, 2.45) is 0 Å². The lowest BCUT2D eigenvalue weighted by Gasteiger charge is -1.98. The lowest BCUT2D eigenvalue weighted by atomic mass is 10.4. The van der Waals surface area contributed by atoms with Crippen molar-refractivity contribution in [2.45, 2.75) is 33.4 Å². The van der Waals surface area contributed by atoms with Crippen LogP contribution >= 0.6 is 0 Å². The molecular weight excluding hydrogens is 152 g/mol. The van der Waals surface area contributed by atoms with Gasteiger partial charge in [0.1, 0.15) is 19.0 Å². The largest absolute Gasteiger partial charge is 0.369 e. The molecule has 0 atom stereocenters. The number of hydrogen-bond acceptors (Lipinski definition) is 1. The molecule has 3 nitrogen and oxygen atoms in total. The summed E-state index contributed by atoms with van der Waals surface area (Å²) in [5.41, 5.74) is 0. The molecule has 0 aliphatic rings. The number of aromatic nitrogens is 2. The molecule has 1 aromatic rings. The van der Waals surface area contributed by atoms with Gasteiger partial charge in [-0.25, -0.2) is 9.55 Å². The minimum Gasteiger partial charge on any atom is -0.369 e. The molecule has 0 aromatic carbocycles. The van der Waals surface area contributed by atoms with Crippen LogP contribution in [0.1, 0.15) is 26.1 Å². The molecule has 12 heavy (non-hydrogen) atoms. The van der Waals surface area contributed by atoms with E-state index in [1.165, 1.54) is 0 Å². The fourth-order valence-corrected chi connectivity index (χ4v) is 1.17.